The number of hydrogen-bond donors (Lipinski definition) is 1. The lowest BCUT2D eigenvalue weighted by molar-refractivity contribution is 0.377. The monoisotopic (exact) mass is 253 g/mol. The molecule has 18 heavy (non-hydrogen) atoms. The van der Waals surface area contributed by atoms with E-state index < -0.39 is 0 Å². The minimum atomic E-state index is -0.212. The van der Waals surface area contributed by atoms with Crippen molar-refractivity contribution in [1.82, 2.24) is 5.32 Å². The molecule has 3 heteroatoms. The van der Waals surface area contributed by atoms with Crippen molar-refractivity contribution in [2.24, 2.45) is 0 Å². The van der Waals surface area contributed by atoms with Crippen LogP contribution in [0.25, 0.3) is 0 Å². The summed E-state index contributed by atoms with van der Waals surface area (Å²) in [6, 6.07) is 5.18. The van der Waals surface area contributed by atoms with Gasteiger partial charge in [-0.1, -0.05) is 27.7 Å². The molecule has 0 atom stereocenters. The number of ether oxygens (including phenoxy) is 1. The number of nitrogens with one attached hydrogen (secondary N) is 1. The molecule has 0 aliphatic heterocycles. The fraction of sp³-hybridized carbons (Fsp3) is 0.600. The van der Waals surface area contributed by atoms with Crippen molar-refractivity contribution >= 4 is 0 Å². The van der Waals surface area contributed by atoms with Crippen molar-refractivity contribution in [1.29, 1.82) is 0 Å². The van der Waals surface area contributed by atoms with Gasteiger partial charge < -0.3 is 10.1 Å². The number of benzene rings is 1. The molecule has 1 aromatic rings. The summed E-state index contributed by atoms with van der Waals surface area (Å²) in [5, 5.41) is 3.39. The van der Waals surface area contributed by atoms with E-state index in [0.717, 1.165) is 24.3 Å². The molecule has 0 fully saturated rings. The van der Waals surface area contributed by atoms with Crippen LogP contribution in [0.3, 0.4) is 0 Å². The molecule has 0 aliphatic carbocycles. The molecule has 0 spiro atoms. The Labute approximate surface area is 110 Å². The topological polar surface area (TPSA) is 21.3 Å². The van der Waals surface area contributed by atoms with E-state index >= 15 is 0 Å². The quantitative estimate of drug-likeness (QED) is 0.837. The van der Waals surface area contributed by atoms with E-state index in [1.165, 1.54) is 6.07 Å². The van der Waals surface area contributed by atoms with Gasteiger partial charge in [-0.15, -0.1) is 0 Å². The van der Waals surface area contributed by atoms with Crippen molar-refractivity contribution in [3.8, 4) is 5.75 Å². The molecule has 0 aliphatic rings. The van der Waals surface area contributed by atoms with Crippen LogP contribution in [-0.2, 0) is 5.41 Å². The van der Waals surface area contributed by atoms with Crippen LogP contribution < -0.4 is 10.1 Å². The molecule has 0 unspecified atom stereocenters. The highest BCUT2D eigenvalue weighted by molar-refractivity contribution is 5.39. The summed E-state index contributed by atoms with van der Waals surface area (Å²) in [7, 11) is 1.62. The van der Waals surface area contributed by atoms with Crippen LogP contribution >= 0.6 is 0 Å². The molecule has 1 rings (SSSR count). The second-order valence-electron chi connectivity index (χ2n) is 5.59. The molecular formula is C15H24FNO. The predicted molar refractivity (Wildman–Crippen MR) is 73.7 cm³/mol. The Bertz CT molecular complexity index is 388. The molecule has 0 heterocycles. The Morgan fingerprint density at radius 1 is 1.33 bits per heavy atom. The summed E-state index contributed by atoms with van der Waals surface area (Å²) in [5.74, 6) is 0.543. The van der Waals surface area contributed by atoms with Crippen molar-refractivity contribution in [2.45, 2.75) is 45.6 Å². The largest absolute Gasteiger partial charge is 0.496 e. The van der Waals surface area contributed by atoms with Gasteiger partial charge in [-0.2, -0.15) is 0 Å². The zero-order valence-corrected chi connectivity index (χ0v) is 12.0. The molecule has 2 nitrogen and oxygen atoms in total. The molecule has 0 bridgehead atoms. The van der Waals surface area contributed by atoms with E-state index in [9.17, 15) is 4.39 Å². The molecular weight excluding hydrogens is 229 g/mol. The first kappa shape index (κ1) is 15.0. The fourth-order valence-corrected chi connectivity index (χ4v) is 2.02. The zero-order valence-electron chi connectivity index (χ0n) is 12.0. The SMILES string of the molecule is COc1ccc(F)cc1C(C)(C)CCNC(C)C. The van der Waals surface area contributed by atoms with Gasteiger partial charge in [0.05, 0.1) is 7.11 Å². The van der Waals surface area contributed by atoms with Gasteiger partial charge in [0.2, 0.25) is 0 Å². The molecule has 0 saturated carbocycles. The highest BCUT2D eigenvalue weighted by atomic mass is 19.1. The molecule has 102 valence electrons. The predicted octanol–water partition coefficient (Wildman–Crippen LogP) is 3.50. The normalized spacial score (nSPS) is 11.9. The third-order valence-electron chi connectivity index (χ3n) is 3.19. The summed E-state index contributed by atoms with van der Waals surface area (Å²) >= 11 is 0. The van der Waals surface area contributed by atoms with Crippen LogP contribution in [0, 0.1) is 5.82 Å². The van der Waals surface area contributed by atoms with E-state index in [0.29, 0.717) is 6.04 Å². The van der Waals surface area contributed by atoms with Crippen LogP contribution in [0.1, 0.15) is 39.7 Å². The van der Waals surface area contributed by atoms with E-state index in [4.69, 9.17) is 4.74 Å². The summed E-state index contributed by atoms with van der Waals surface area (Å²) in [5.41, 5.74) is 0.811. The van der Waals surface area contributed by atoms with Crippen LogP contribution in [0.15, 0.2) is 18.2 Å². The fourth-order valence-electron chi connectivity index (χ4n) is 2.02. The first-order valence-corrected chi connectivity index (χ1v) is 6.44. The zero-order chi connectivity index (χ0) is 13.8. The number of methoxy groups -OCH3 is 1. The van der Waals surface area contributed by atoms with Gasteiger partial charge in [-0.25, -0.2) is 4.39 Å². The van der Waals surface area contributed by atoms with Crippen molar-refractivity contribution in [2.75, 3.05) is 13.7 Å². The Balaban J connectivity index is 2.85. The van der Waals surface area contributed by atoms with Crippen LogP contribution in [0.2, 0.25) is 0 Å². The van der Waals surface area contributed by atoms with E-state index in [-0.39, 0.29) is 11.2 Å². The minimum Gasteiger partial charge on any atom is -0.496 e. The molecule has 1 N–H and O–H groups in total. The highest BCUT2D eigenvalue weighted by Crippen LogP contribution is 2.34. The molecule has 0 aromatic heterocycles. The summed E-state index contributed by atoms with van der Waals surface area (Å²) in [4.78, 5) is 0. The Morgan fingerprint density at radius 3 is 2.56 bits per heavy atom. The average molecular weight is 253 g/mol. The summed E-state index contributed by atoms with van der Waals surface area (Å²) in [6.45, 7) is 9.38. The Hall–Kier alpha value is -1.09. The number of hydrogen-bond acceptors (Lipinski definition) is 2. The van der Waals surface area contributed by atoms with E-state index in [1.807, 2.05) is 0 Å². The second-order valence-corrected chi connectivity index (χ2v) is 5.59. The van der Waals surface area contributed by atoms with Gasteiger partial charge in [0.25, 0.3) is 0 Å². The van der Waals surface area contributed by atoms with Crippen molar-refractivity contribution < 1.29 is 9.13 Å². The Kier molecular flexibility index (Phi) is 5.15. The number of halogens is 1. The van der Waals surface area contributed by atoms with Crippen LogP contribution in [-0.4, -0.2) is 19.7 Å². The minimum absolute atomic E-state index is 0.116. The second kappa shape index (κ2) is 6.19. The first-order chi connectivity index (χ1) is 8.36. The van der Waals surface area contributed by atoms with Gasteiger partial charge in [0.1, 0.15) is 11.6 Å². The van der Waals surface area contributed by atoms with E-state index in [2.05, 4.69) is 33.0 Å². The summed E-state index contributed by atoms with van der Waals surface area (Å²) in [6.07, 6.45) is 0.936. The van der Waals surface area contributed by atoms with Gasteiger partial charge in [-0.05, 0) is 36.6 Å². The third-order valence-corrected chi connectivity index (χ3v) is 3.19. The third kappa shape index (κ3) is 3.98. The molecule has 0 radical (unpaired) electrons. The lowest BCUT2D eigenvalue weighted by atomic mass is 9.81. The lowest BCUT2D eigenvalue weighted by Gasteiger charge is -2.27. The first-order valence-electron chi connectivity index (χ1n) is 6.44. The van der Waals surface area contributed by atoms with Gasteiger partial charge in [0, 0.05) is 11.6 Å². The molecule has 0 saturated heterocycles. The van der Waals surface area contributed by atoms with Crippen molar-refractivity contribution in [3.05, 3.63) is 29.6 Å². The highest BCUT2D eigenvalue weighted by Gasteiger charge is 2.24. The Morgan fingerprint density at radius 2 is 2.00 bits per heavy atom. The van der Waals surface area contributed by atoms with Crippen LogP contribution in [0.5, 0.6) is 5.75 Å². The number of rotatable bonds is 6. The average Bonchev–Trinajstić information content (AvgIpc) is 2.28. The van der Waals surface area contributed by atoms with Crippen molar-refractivity contribution in [3.63, 3.8) is 0 Å². The van der Waals surface area contributed by atoms with Crippen LogP contribution in [0.4, 0.5) is 4.39 Å². The smallest absolute Gasteiger partial charge is 0.123 e. The maximum Gasteiger partial charge on any atom is 0.123 e. The lowest BCUT2D eigenvalue weighted by Crippen LogP contribution is -2.29. The molecule has 1 aromatic carbocycles. The molecule has 0 amide bonds. The van der Waals surface area contributed by atoms with Gasteiger partial charge in [-0.3, -0.25) is 0 Å². The van der Waals surface area contributed by atoms with E-state index in [1.54, 1.807) is 19.2 Å². The van der Waals surface area contributed by atoms with Gasteiger partial charge in [0.15, 0.2) is 0 Å². The summed E-state index contributed by atoms with van der Waals surface area (Å²) < 4.78 is 18.7. The van der Waals surface area contributed by atoms with Gasteiger partial charge >= 0.3 is 0 Å². The maximum atomic E-state index is 13.4. The standard InChI is InChI=1S/C15H24FNO/c1-11(2)17-9-8-15(3,4)13-10-12(16)6-7-14(13)18-5/h6-7,10-11,17H,8-9H2,1-5H3. The maximum absolute atomic E-state index is 13.4.